The molecule has 6 nitrogen and oxygen atoms in total. The van der Waals surface area contributed by atoms with Gasteiger partial charge < -0.3 is 10.1 Å². The summed E-state index contributed by atoms with van der Waals surface area (Å²) in [6, 6.07) is 14.2. The van der Waals surface area contributed by atoms with Gasteiger partial charge in [-0.3, -0.25) is 14.5 Å². The molecule has 0 spiro atoms. The maximum Gasteiger partial charge on any atom is 0.238 e. The highest BCUT2D eigenvalue weighted by Crippen LogP contribution is 2.30. The maximum absolute atomic E-state index is 12.7. The second kappa shape index (κ2) is 9.12. The number of halogens is 1. The van der Waals surface area contributed by atoms with Gasteiger partial charge in [0.25, 0.3) is 0 Å². The minimum absolute atomic E-state index is 0.114. The SMILES string of the molecule is CCN1C(=O)CC(C(=O)Nc2cccc(OC)c2)SC1=Nc1cccc(Cl)c1. The molecule has 2 amide bonds. The fourth-order valence-electron chi connectivity index (χ4n) is 2.73. The molecular weight excluding hydrogens is 398 g/mol. The third kappa shape index (κ3) is 4.85. The molecule has 1 aliphatic rings. The topological polar surface area (TPSA) is 71.0 Å². The Morgan fingerprint density at radius 2 is 2.11 bits per heavy atom. The third-order valence-electron chi connectivity index (χ3n) is 4.12. The van der Waals surface area contributed by atoms with Crippen LogP contribution in [0.1, 0.15) is 13.3 Å². The number of amides is 2. The Balaban J connectivity index is 1.80. The lowest BCUT2D eigenvalue weighted by atomic mass is 10.2. The molecule has 146 valence electrons. The minimum atomic E-state index is -0.570. The molecule has 2 aromatic rings. The highest BCUT2D eigenvalue weighted by molar-refractivity contribution is 8.15. The lowest BCUT2D eigenvalue weighted by molar-refractivity contribution is -0.129. The van der Waals surface area contributed by atoms with E-state index in [1.807, 2.05) is 6.92 Å². The van der Waals surface area contributed by atoms with Crippen molar-refractivity contribution in [2.24, 2.45) is 4.99 Å². The number of carbonyl (C=O) groups excluding carboxylic acids is 2. The Morgan fingerprint density at radius 1 is 1.32 bits per heavy atom. The van der Waals surface area contributed by atoms with Gasteiger partial charge in [-0.05, 0) is 37.3 Å². The normalized spacial score (nSPS) is 18.2. The molecule has 1 fully saturated rings. The van der Waals surface area contributed by atoms with Gasteiger partial charge in [-0.1, -0.05) is 35.5 Å². The fourth-order valence-corrected chi connectivity index (χ4v) is 4.08. The van der Waals surface area contributed by atoms with Crippen LogP contribution in [0.3, 0.4) is 0 Å². The molecule has 1 heterocycles. The summed E-state index contributed by atoms with van der Waals surface area (Å²) in [5.41, 5.74) is 1.25. The number of hydrogen-bond acceptors (Lipinski definition) is 5. The first-order valence-corrected chi connectivity index (χ1v) is 10.0. The molecule has 1 N–H and O–H groups in total. The van der Waals surface area contributed by atoms with E-state index in [0.29, 0.717) is 33.9 Å². The number of carbonyl (C=O) groups is 2. The van der Waals surface area contributed by atoms with Crippen molar-refractivity contribution in [1.82, 2.24) is 4.90 Å². The average Bonchev–Trinajstić information content (AvgIpc) is 2.68. The summed E-state index contributed by atoms with van der Waals surface area (Å²) < 4.78 is 5.17. The zero-order chi connectivity index (χ0) is 20.1. The Hall–Kier alpha value is -2.51. The van der Waals surface area contributed by atoms with Crippen LogP contribution >= 0.6 is 23.4 Å². The number of ether oxygens (including phenoxy) is 1. The highest BCUT2D eigenvalue weighted by atomic mass is 35.5. The average molecular weight is 418 g/mol. The molecule has 2 aromatic carbocycles. The van der Waals surface area contributed by atoms with E-state index < -0.39 is 5.25 Å². The summed E-state index contributed by atoms with van der Waals surface area (Å²) in [6.07, 6.45) is 0.114. The molecule has 1 unspecified atom stereocenters. The second-order valence-electron chi connectivity index (χ2n) is 6.04. The number of aliphatic imine (C=N–C) groups is 1. The van der Waals surface area contributed by atoms with Gasteiger partial charge in [0.05, 0.1) is 12.8 Å². The fraction of sp³-hybridized carbons (Fsp3) is 0.250. The van der Waals surface area contributed by atoms with Gasteiger partial charge in [-0.15, -0.1) is 0 Å². The van der Waals surface area contributed by atoms with Gasteiger partial charge in [-0.2, -0.15) is 0 Å². The van der Waals surface area contributed by atoms with Crippen LogP contribution in [-0.4, -0.2) is 40.8 Å². The van der Waals surface area contributed by atoms with E-state index in [9.17, 15) is 9.59 Å². The van der Waals surface area contributed by atoms with Crippen molar-refractivity contribution in [3.05, 3.63) is 53.6 Å². The van der Waals surface area contributed by atoms with Crippen molar-refractivity contribution in [2.75, 3.05) is 19.0 Å². The number of benzene rings is 2. The first-order chi connectivity index (χ1) is 13.5. The molecule has 1 atom stereocenters. The van der Waals surface area contributed by atoms with Crippen molar-refractivity contribution in [2.45, 2.75) is 18.6 Å². The van der Waals surface area contributed by atoms with Crippen molar-refractivity contribution >= 4 is 51.7 Å². The van der Waals surface area contributed by atoms with Gasteiger partial charge in [0, 0.05) is 29.7 Å². The quantitative estimate of drug-likeness (QED) is 0.786. The van der Waals surface area contributed by atoms with Crippen molar-refractivity contribution < 1.29 is 14.3 Å². The minimum Gasteiger partial charge on any atom is -0.497 e. The Bertz CT molecular complexity index is 919. The van der Waals surface area contributed by atoms with Crippen molar-refractivity contribution in [3.8, 4) is 5.75 Å². The molecule has 1 saturated heterocycles. The molecule has 0 aromatic heterocycles. The lowest BCUT2D eigenvalue weighted by Gasteiger charge is -2.30. The summed E-state index contributed by atoms with van der Waals surface area (Å²) in [6.45, 7) is 2.36. The monoisotopic (exact) mass is 417 g/mol. The molecule has 0 saturated carbocycles. The number of thioether (sulfide) groups is 1. The van der Waals surface area contributed by atoms with E-state index in [-0.39, 0.29) is 18.2 Å². The molecule has 8 heteroatoms. The second-order valence-corrected chi connectivity index (χ2v) is 7.65. The van der Waals surface area contributed by atoms with Crippen LogP contribution in [0, 0.1) is 0 Å². The summed E-state index contributed by atoms with van der Waals surface area (Å²) in [5.74, 6) is 0.263. The molecule has 0 bridgehead atoms. The lowest BCUT2D eigenvalue weighted by Crippen LogP contribution is -2.45. The van der Waals surface area contributed by atoms with Crippen LogP contribution in [0.15, 0.2) is 53.5 Å². The largest absolute Gasteiger partial charge is 0.497 e. The number of rotatable bonds is 5. The van der Waals surface area contributed by atoms with E-state index >= 15 is 0 Å². The zero-order valence-corrected chi connectivity index (χ0v) is 17.1. The Morgan fingerprint density at radius 3 is 2.82 bits per heavy atom. The van der Waals surface area contributed by atoms with Gasteiger partial charge in [0.2, 0.25) is 11.8 Å². The number of methoxy groups -OCH3 is 1. The van der Waals surface area contributed by atoms with Crippen LogP contribution in [0.25, 0.3) is 0 Å². The molecule has 1 aliphatic heterocycles. The van der Waals surface area contributed by atoms with Crippen LogP contribution < -0.4 is 10.1 Å². The summed E-state index contributed by atoms with van der Waals surface area (Å²) in [4.78, 5) is 31.4. The zero-order valence-electron chi connectivity index (χ0n) is 15.5. The summed E-state index contributed by atoms with van der Waals surface area (Å²) >= 11 is 7.30. The van der Waals surface area contributed by atoms with E-state index in [2.05, 4.69) is 10.3 Å². The molecular formula is C20H20ClN3O3S. The first-order valence-electron chi connectivity index (χ1n) is 8.76. The molecule has 0 radical (unpaired) electrons. The van der Waals surface area contributed by atoms with E-state index in [4.69, 9.17) is 16.3 Å². The smallest absolute Gasteiger partial charge is 0.238 e. The van der Waals surface area contributed by atoms with E-state index in [1.165, 1.54) is 11.8 Å². The summed E-state index contributed by atoms with van der Waals surface area (Å²) in [5, 5.41) is 3.33. The standard InChI is InChI=1S/C20H20ClN3O3S/c1-3-24-18(25)12-17(19(26)22-15-8-5-9-16(11-15)27-2)28-20(24)23-14-7-4-6-13(21)10-14/h4-11,17H,3,12H2,1-2H3,(H,22,26). The first kappa shape index (κ1) is 20.2. The maximum atomic E-state index is 12.7. The number of nitrogens with zero attached hydrogens (tertiary/aromatic N) is 2. The number of nitrogens with one attached hydrogen (secondary N) is 1. The van der Waals surface area contributed by atoms with Gasteiger partial charge in [0.15, 0.2) is 5.17 Å². The number of amidine groups is 1. The molecule has 0 aliphatic carbocycles. The van der Waals surface area contributed by atoms with Crippen LogP contribution in [-0.2, 0) is 9.59 Å². The highest BCUT2D eigenvalue weighted by Gasteiger charge is 2.35. The van der Waals surface area contributed by atoms with Crippen molar-refractivity contribution in [3.63, 3.8) is 0 Å². The van der Waals surface area contributed by atoms with Gasteiger partial charge in [0.1, 0.15) is 11.0 Å². The summed E-state index contributed by atoms with van der Waals surface area (Å²) in [7, 11) is 1.56. The van der Waals surface area contributed by atoms with Gasteiger partial charge in [-0.25, -0.2) is 4.99 Å². The predicted octanol–water partition coefficient (Wildman–Crippen LogP) is 4.33. The van der Waals surface area contributed by atoms with Crippen LogP contribution in [0.2, 0.25) is 5.02 Å². The Labute approximate surface area is 172 Å². The third-order valence-corrected chi connectivity index (χ3v) is 5.54. The van der Waals surface area contributed by atoms with Crippen molar-refractivity contribution in [1.29, 1.82) is 0 Å². The van der Waals surface area contributed by atoms with E-state index in [1.54, 1.807) is 60.5 Å². The van der Waals surface area contributed by atoms with Crippen LogP contribution in [0.5, 0.6) is 5.75 Å². The number of anilines is 1. The van der Waals surface area contributed by atoms with Crippen LogP contribution in [0.4, 0.5) is 11.4 Å². The molecule has 3 rings (SSSR count). The molecule has 28 heavy (non-hydrogen) atoms. The Kier molecular flexibility index (Phi) is 6.59. The number of hydrogen-bond donors (Lipinski definition) is 1. The predicted molar refractivity (Wildman–Crippen MR) is 114 cm³/mol. The van der Waals surface area contributed by atoms with E-state index in [0.717, 1.165) is 0 Å². The van der Waals surface area contributed by atoms with Gasteiger partial charge >= 0.3 is 0 Å².